The van der Waals surface area contributed by atoms with E-state index in [1.165, 1.54) is 18.4 Å². The molecule has 0 radical (unpaired) electrons. The van der Waals surface area contributed by atoms with E-state index in [0.29, 0.717) is 22.2 Å². The van der Waals surface area contributed by atoms with Gasteiger partial charge in [-0.1, -0.05) is 23.5 Å². The zero-order valence-electron chi connectivity index (χ0n) is 12.8. The number of aromatic nitrogens is 1. The fourth-order valence-electron chi connectivity index (χ4n) is 2.13. The molecule has 0 saturated carbocycles. The molecule has 0 saturated heterocycles. The summed E-state index contributed by atoms with van der Waals surface area (Å²) in [6.45, 7) is -0.0897. The Morgan fingerprint density at radius 2 is 2.12 bits per heavy atom. The standard InChI is InChI=1S/C17H13N3O3S/c1-22-14-10-11(6-7-13(14)23-9-8-18)16(21)20-17-19-12-4-2-3-5-15(12)24-17/h2-7,10H,9H2,1H3,(H,19,20,21). The van der Waals surface area contributed by atoms with Crippen molar-refractivity contribution < 1.29 is 14.3 Å². The van der Waals surface area contributed by atoms with E-state index in [9.17, 15) is 4.79 Å². The predicted octanol–water partition coefficient (Wildman–Crippen LogP) is 3.46. The lowest BCUT2D eigenvalue weighted by Gasteiger charge is -2.10. The number of hydrogen-bond acceptors (Lipinski definition) is 6. The van der Waals surface area contributed by atoms with Crippen molar-refractivity contribution >= 4 is 32.6 Å². The molecule has 1 heterocycles. The molecule has 0 spiro atoms. The van der Waals surface area contributed by atoms with E-state index in [2.05, 4.69) is 10.3 Å². The quantitative estimate of drug-likeness (QED) is 0.769. The van der Waals surface area contributed by atoms with Crippen LogP contribution >= 0.6 is 11.3 Å². The Bertz CT molecular complexity index is 897. The van der Waals surface area contributed by atoms with Crippen molar-refractivity contribution in [2.45, 2.75) is 0 Å². The molecule has 1 amide bonds. The minimum absolute atomic E-state index is 0.0897. The summed E-state index contributed by atoms with van der Waals surface area (Å²) in [5.41, 5.74) is 1.26. The molecule has 1 aromatic heterocycles. The second-order valence-electron chi connectivity index (χ2n) is 4.75. The minimum atomic E-state index is -0.292. The summed E-state index contributed by atoms with van der Waals surface area (Å²) < 4.78 is 11.5. The highest BCUT2D eigenvalue weighted by Crippen LogP contribution is 2.29. The van der Waals surface area contributed by atoms with Crippen molar-refractivity contribution in [3.63, 3.8) is 0 Å². The molecule has 7 heteroatoms. The number of nitriles is 1. The average molecular weight is 339 g/mol. The maximum Gasteiger partial charge on any atom is 0.257 e. The van der Waals surface area contributed by atoms with Gasteiger partial charge in [0.25, 0.3) is 5.91 Å². The maximum absolute atomic E-state index is 12.4. The van der Waals surface area contributed by atoms with Crippen LogP contribution in [0.25, 0.3) is 10.2 Å². The SMILES string of the molecule is COc1cc(C(=O)Nc2nc3ccccc3s2)ccc1OCC#N. The number of benzene rings is 2. The van der Waals surface area contributed by atoms with E-state index >= 15 is 0 Å². The summed E-state index contributed by atoms with van der Waals surface area (Å²) in [7, 11) is 1.48. The molecular weight excluding hydrogens is 326 g/mol. The highest BCUT2D eigenvalue weighted by molar-refractivity contribution is 7.22. The first-order valence-electron chi connectivity index (χ1n) is 7.06. The van der Waals surface area contributed by atoms with Crippen LogP contribution in [0.3, 0.4) is 0 Å². The summed E-state index contributed by atoms with van der Waals surface area (Å²) in [5, 5.41) is 11.9. The van der Waals surface area contributed by atoms with Crippen LogP contribution in [0.5, 0.6) is 11.5 Å². The molecule has 0 atom stereocenters. The van der Waals surface area contributed by atoms with E-state index in [0.717, 1.165) is 10.2 Å². The minimum Gasteiger partial charge on any atom is -0.493 e. The summed E-state index contributed by atoms with van der Waals surface area (Å²) in [6, 6.07) is 14.3. The normalized spacial score (nSPS) is 10.2. The Kier molecular flexibility index (Phi) is 4.59. The zero-order chi connectivity index (χ0) is 16.9. The van der Waals surface area contributed by atoms with Crippen LogP contribution < -0.4 is 14.8 Å². The van der Waals surface area contributed by atoms with Gasteiger partial charge >= 0.3 is 0 Å². The number of fused-ring (bicyclic) bond motifs is 1. The van der Waals surface area contributed by atoms with Crippen molar-refractivity contribution in [2.24, 2.45) is 0 Å². The van der Waals surface area contributed by atoms with Crippen molar-refractivity contribution in [3.05, 3.63) is 48.0 Å². The number of anilines is 1. The third kappa shape index (κ3) is 3.29. The largest absolute Gasteiger partial charge is 0.493 e. The van der Waals surface area contributed by atoms with Crippen molar-refractivity contribution in [2.75, 3.05) is 19.0 Å². The van der Waals surface area contributed by atoms with Gasteiger partial charge in [0, 0.05) is 5.56 Å². The maximum atomic E-state index is 12.4. The molecule has 2 aromatic carbocycles. The second-order valence-corrected chi connectivity index (χ2v) is 5.78. The molecule has 0 aliphatic heterocycles. The van der Waals surface area contributed by atoms with Crippen LogP contribution in [0, 0.1) is 11.3 Å². The van der Waals surface area contributed by atoms with Gasteiger partial charge in [-0.05, 0) is 30.3 Å². The molecule has 0 aliphatic rings. The van der Waals surface area contributed by atoms with Gasteiger partial charge in [-0.3, -0.25) is 10.1 Å². The van der Waals surface area contributed by atoms with Gasteiger partial charge in [-0.25, -0.2) is 4.98 Å². The van der Waals surface area contributed by atoms with Crippen molar-refractivity contribution in [3.8, 4) is 17.6 Å². The Morgan fingerprint density at radius 1 is 1.29 bits per heavy atom. The first kappa shape index (κ1) is 15.8. The molecule has 3 rings (SSSR count). The van der Waals surface area contributed by atoms with Crippen molar-refractivity contribution in [1.82, 2.24) is 4.98 Å². The molecule has 1 N–H and O–H groups in total. The fourth-order valence-corrected chi connectivity index (χ4v) is 2.99. The second kappa shape index (κ2) is 6.98. The monoisotopic (exact) mass is 339 g/mol. The number of para-hydroxylation sites is 1. The number of rotatable bonds is 5. The summed E-state index contributed by atoms with van der Waals surface area (Å²) in [6.07, 6.45) is 0. The smallest absolute Gasteiger partial charge is 0.257 e. The molecule has 120 valence electrons. The summed E-state index contributed by atoms with van der Waals surface area (Å²) in [5.74, 6) is 0.511. The molecular formula is C17H13N3O3S. The first-order chi connectivity index (χ1) is 11.7. The Balaban J connectivity index is 1.80. The first-order valence-corrected chi connectivity index (χ1v) is 7.87. The molecule has 24 heavy (non-hydrogen) atoms. The van der Waals surface area contributed by atoms with E-state index in [1.54, 1.807) is 18.2 Å². The number of carbonyl (C=O) groups is 1. The van der Waals surface area contributed by atoms with Gasteiger partial charge in [0.05, 0.1) is 17.3 Å². The number of thiazole rings is 1. The Morgan fingerprint density at radius 3 is 2.88 bits per heavy atom. The third-order valence-corrected chi connectivity index (χ3v) is 4.18. The van der Waals surface area contributed by atoms with Crippen LogP contribution in [0.2, 0.25) is 0 Å². The lowest BCUT2D eigenvalue weighted by Crippen LogP contribution is -2.12. The molecule has 0 aliphatic carbocycles. The number of methoxy groups -OCH3 is 1. The number of ether oxygens (including phenoxy) is 2. The van der Waals surface area contributed by atoms with Crippen LogP contribution in [0.4, 0.5) is 5.13 Å². The van der Waals surface area contributed by atoms with Crippen LogP contribution in [0.15, 0.2) is 42.5 Å². The van der Waals surface area contributed by atoms with Crippen LogP contribution in [0.1, 0.15) is 10.4 Å². The van der Waals surface area contributed by atoms with Crippen LogP contribution in [-0.4, -0.2) is 24.6 Å². The summed E-state index contributed by atoms with van der Waals surface area (Å²) in [4.78, 5) is 16.8. The van der Waals surface area contributed by atoms with Crippen LogP contribution in [-0.2, 0) is 0 Å². The zero-order valence-corrected chi connectivity index (χ0v) is 13.6. The van der Waals surface area contributed by atoms with Gasteiger partial charge < -0.3 is 9.47 Å². The lowest BCUT2D eigenvalue weighted by molar-refractivity contribution is 0.102. The predicted molar refractivity (Wildman–Crippen MR) is 91.7 cm³/mol. The molecule has 0 unspecified atom stereocenters. The number of hydrogen-bond donors (Lipinski definition) is 1. The lowest BCUT2D eigenvalue weighted by atomic mass is 10.2. The highest BCUT2D eigenvalue weighted by atomic mass is 32.1. The molecule has 6 nitrogen and oxygen atoms in total. The van der Waals surface area contributed by atoms with E-state index < -0.39 is 0 Å². The van der Waals surface area contributed by atoms with Gasteiger partial charge in [-0.15, -0.1) is 0 Å². The highest BCUT2D eigenvalue weighted by Gasteiger charge is 2.13. The van der Waals surface area contributed by atoms with Crippen molar-refractivity contribution in [1.29, 1.82) is 5.26 Å². The Labute approximate surface area is 142 Å². The molecule has 0 fully saturated rings. The Hall–Kier alpha value is -3.11. The number of nitrogens with zero attached hydrogens (tertiary/aromatic N) is 2. The van der Waals surface area contributed by atoms with E-state index in [1.807, 2.05) is 30.3 Å². The molecule has 0 bridgehead atoms. The van der Waals surface area contributed by atoms with Gasteiger partial charge in [0.2, 0.25) is 0 Å². The number of amides is 1. The molecule has 3 aromatic rings. The van der Waals surface area contributed by atoms with Gasteiger partial charge in [0.1, 0.15) is 6.07 Å². The van der Waals surface area contributed by atoms with E-state index in [4.69, 9.17) is 14.7 Å². The topological polar surface area (TPSA) is 84.2 Å². The third-order valence-electron chi connectivity index (χ3n) is 3.23. The summed E-state index contributed by atoms with van der Waals surface area (Å²) >= 11 is 1.41. The van der Waals surface area contributed by atoms with E-state index in [-0.39, 0.29) is 12.5 Å². The number of carbonyl (C=O) groups excluding carboxylic acids is 1. The number of nitrogens with one attached hydrogen (secondary N) is 1. The average Bonchev–Trinajstić information content (AvgIpc) is 3.01. The van der Waals surface area contributed by atoms with Gasteiger partial charge in [-0.2, -0.15) is 5.26 Å². The van der Waals surface area contributed by atoms with Gasteiger partial charge in [0.15, 0.2) is 23.2 Å². The fraction of sp³-hybridized carbons (Fsp3) is 0.118.